The highest BCUT2D eigenvalue weighted by Gasteiger charge is 2.36. The predicted octanol–water partition coefficient (Wildman–Crippen LogP) is 4.88. The molecule has 0 aliphatic carbocycles. The summed E-state index contributed by atoms with van der Waals surface area (Å²) in [4.78, 5) is 29.1. The summed E-state index contributed by atoms with van der Waals surface area (Å²) >= 11 is 2.03. The third kappa shape index (κ3) is 5.65. The van der Waals surface area contributed by atoms with Crippen LogP contribution in [0.25, 0.3) is 0 Å². The molecule has 0 spiro atoms. The van der Waals surface area contributed by atoms with Crippen LogP contribution >= 0.6 is 23.1 Å². The Morgan fingerprint density at radius 2 is 1.73 bits per heavy atom. The lowest BCUT2D eigenvalue weighted by Crippen LogP contribution is -2.33. The maximum atomic E-state index is 13.0. The van der Waals surface area contributed by atoms with E-state index in [1.165, 1.54) is 11.1 Å². The molecular weight excluding hydrogens is 456 g/mol. The van der Waals surface area contributed by atoms with Gasteiger partial charge in [0, 0.05) is 29.8 Å². The number of benzene rings is 1. The highest BCUT2D eigenvalue weighted by Crippen LogP contribution is 2.37. The lowest BCUT2D eigenvalue weighted by molar-refractivity contribution is -0.143. The molecular formula is C17H13F6N3O2S2. The summed E-state index contributed by atoms with van der Waals surface area (Å²) in [6, 6.07) is 1.38. The van der Waals surface area contributed by atoms with Gasteiger partial charge in [0.25, 0.3) is 5.24 Å². The maximum Gasteiger partial charge on any atom is 0.416 e. The highest BCUT2D eigenvalue weighted by molar-refractivity contribution is 8.13. The van der Waals surface area contributed by atoms with Gasteiger partial charge in [-0.2, -0.15) is 26.3 Å². The van der Waals surface area contributed by atoms with E-state index in [2.05, 4.69) is 10.3 Å². The zero-order valence-corrected chi connectivity index (χ0v) is 16.6. The first-order chi connectivity index (χ1) is 13.9. The first-order valence-corrected chi connectivity index (χ1v) is 10.2. The van der Waals surface area contributed by atoms with E-state index in [4.69, 9.17) is 0 Å². The molecule has 1 aliphatic heterocycles. The van der Waals surface area contributed by atoms with Crippen molar-refractivity contribution in [2.45, 2.75) is 18.8 Å². The average molecular weight is 469 g/mol. The number of aromatic nitrogens is 1. The number of alkyl halides is 6. The lowest BCUT2D eigenvalue weighted by atomic mass is 10.0. The molecule has 0 radical (unpaired) electrons. The van der Waals surface area contributed by atoms with Crippen molar-refractivity contribution in [1.82, 2.24) is 9.88 Å². The van der Waals surface area contributed by atoms with Crippen molar-refractivity contribution in [1.29, 1.82) is 0 Å². The quantitative estimate of drug-likeness (QED) is 0.635. The van der Waals surface area contributed by atoms with Crippen LogP contribution in [0.4, 0.5) is 36.3 Å². The number of carbonyl (C=O) groups is 2. The zero-order chi connectivity index (χ0) is 22.1. The van der Waals surface area contributed by atoms with Crippen molar-refractivity contribution in [3.05, 3.63) is 46.0 Å². The van der Waals surface area contributed by atoms with Crippen LogP contribution in [-0.4, -0.2) is 39.9 Å². The minimum absolute atomic E-state index is 0.0692. The Morgan fingerprint density at radius 1 is 1.10 bits per heavy atom. The van der Waals surface area contributed by atoms with E-state index in [-0.39, 0.29) is 35.0 Å². The second-order valence-electron chi connectivity index (χ2n) is 6.31. The van der Waals surface area contributed by atoms with Crippen molar-refractivity contribution < 1.29 is 35.9 Å². The fourth-order valence-electron chi connectivity index (χ4n) is 2.67. The van der Waals surface area contributed by atoms with Crippen LogP contribution < -0.4 is 5.32 Å². The molecule has 1 aromatic heterocycles. The van der Waals surface area contributed by atoms with Gasteiger partial charge in [0.05, 0.1) is 11.1 Å². The van der Waals surface area contributed by atoms with Crippen LogP contribution in [0.2, 0.25) is 0 Å². The molecule has 1 fully saturated rings. The molecule has 1 aromatic carbocycles. The van der Waals surface area contributed by atoms with E-state index in [0.29, 0.717) is 29.3 Å². The van der Waals surface area contributed by atoms with Crippen molar-refractivity contribution in [3.63, 3.8) is 0 Å². The van der Waals surface area contributed by atoms with Crippen LogP contribution in [0.5, 0.6) is 0 Å². The number of nitrogens with one attached hydrogen (secondary N) is 1. The standard InChI is InChI=1S/C17H13F6N3O2S2/c18-16(19,20)10-3-9(4-11(6-10)17(21,22)23)5-12-7-24-14(30-12)25-13(27)8-26-1-2-29-15(26)28/h3-4,6-7H,1-2,5,8H2,(H,24,25,27). The number of halogens is 6. The van der Waals surface area contributed by atoms with Gasteiger partial charge in [-0.15, -0.1) is 11.3 Å². The maximum absolute atomic E-state index is 13.0. The van der Waals surface area contributed by atoms with Crippen molar-refractivity contribution in [3.8, 4) is 0 Å². The molecule has 1 aliphatic rings. The Morgan fingerprint density at radius 3 is 2.27 bits per heavy atom. The number of hydrogen-bond donors (Lipinski definition) is 1. The van der Waals surface area contributed by atoms with Crippen LogP contribution in [-0.2, 0) is 23.6 Å². The molecule has 2 aromatic rings. The minimum Gasteiger partial charge on any atom is -0.323 e. The molecule has 1 saturated heterocycles. The molecule has 3 rings (SSSR count). The summed E-state index contributed by atoms with van der Waals surface area (Å²) in [5, 5.41) is 2.40. The highest BCUT2D eigenvalue weighted by atomic mass is 32.2. The monoisotopic (exact) mass is 469 g/mol. The molecule has 2 heterocycles. The summed E-state index contributed by atoms with van der Waals surface area (Å²) < 4.78 is 77.8. The van der Waals surface area contributed by atoms with Gasteiger partial charge < -0.3 is 10.2 Å². The van der Waals surface area contributed by atoms with Crippen LogP contribution in [0.15, 0.2) is 24.4 Å². The van der Waals surface area contributed by atoms with Gasteiger partial charge in [-0.05, 0) is 23.8 Å². The molecule has 0 bridgehead atoms. The van der Waals surface area contributed by atoms with E-state index in [0.717, 1.165) is 23.1 Å². The Bertz CT molecular complexity index is 925. The SMILES string of the molecule is O=C(CN1CCSC1=O)Nc1ncc(Cc2cc(C(F)(F)F)cc(C(F)(F)F)c2)s1. The van der Waals surface area contributed by atoms with Gasteiger partial charge in [-0.1, -0.05) is 11.8 Å². The van der Waals surface area contributed by atoms with Gasteiger partial charge in [0.1, 0.15) is 6.54 Å². The number of thiazole rings is 1. The molecule has 2 amide bonds. The minimum atomic E-state index is -4.92. The average Bonchev–Trinajstić information content (AvgIpc) is 3.22. The van der Waals surface area contributed by atoms with Gasteiger partial charge in [-0.25, -0.2) is 4.98 Å². The predicted molar refractivity (Wildman–Crippen MR) is 99.4 cm³/mol. The third-order valence-electron chi connectivity index (χ3n) is 4.01. The second-order valence-corrected chi connectivity index (χ2v) is 8.47. The Balaban J connectivity index is 1.72. The normalized spacial score (nSPS) is 15.0. The summed E-state index contributed by atoms with van der Waals surface area (Å²) in [5.41, 5.74) is -2.96. The first-order valence-electron chi connectivity index (χ1n) is 8.36. The van der Waals surface area contributed by atoms with Crippen molar-refractivity contribution in [2.75, 3.05) is 24.2 Å². The van der Waals surface area contributed by atoms with E-state index in [1.807, 2.05) is 0 Å². The number of rotatable bonds is 5. The number of amides is 2. The summed E-state index contributed by atoms with van der Waals surface area (Å²) in [6.45, 7) is 0.278. The first kappa shape index (κ1) is 22.4. The smallest absolute Gasteiger partial charge is 0.323 e. The van der Waals surface area contributed by atoms with Gasteiger partial charge >= 0.3 is 12.4 Å². The third-order valence-corrected chi connectivity index (χ3v) is 5.81. The topological polar surface area (TPSA) is 62.3 Å². The molecule has 1 N–H and O–H groups in total. The molecule has 5 nitrogen and oxygen atoms in total. The molecule has 0 unspecified atom stereocenters. The van der Waals surface area contributed by atoms with E-state index in [9.17, 15) is 35.9 Å². The molecule has 30 heavy (non-hydrogen) atoms. The van der Waals surface area contributed by atoms with E-state index < -0.39 is 29.4 Å². The zero-order valence-electron chi connectivity index (χ0n) is 14.9. The number of anilines is 1. The van der Waals surface area contributed by atoms with E-state index >= 15 is 0 Å². The van der Waals surface area contributed by atoms with Gasteiger partial charge in [0.2, 0.25) is 5.91 Å². The van der Waals surface area contributed by atoms with Gasteiger partial charge in [0.15, 0.2) is 5.13 Å². The number of carbonyl (C=O) groups excluding carboxylic acids is 2. The molecule has 13 heteroatoms. The Hall–Kier alpha value is -2.28. The lowest BCUT2D eigenvalue weighted by Gasteiger charge is -2.14. The summed E-state index contributed by atoms with van der Waals surface area (Å²) in [6.07, 6.45) is -8.80. The summed E-state index contributed by atoms with van der Waals surface area (Å²) in [7, 11) is 0. The second kappa shape index (κ2) is 8.46. The molecule has 0 atom stereocenters. The van der Waals surface area contributed by atoms with E-state index in [1.54, 1.807) is 0 Å². The number of thioether (sulfide) groups is 1. The van der Waals surface area contributed by atoms with Crippen LogP contribution in [0.3, 0.4) is 0 Å². The Kier molecular flexibility index (Phi) is 6.32. The Labute approximate surface area is 174 Å². The number of hydrogen-bond acceptors (Lipinski definition) is 5. The van der Waals surface area contributed by atoms with Crippen molar-refractivity contribution >= 4 is 39.4 Å². The van der Waals surface area contributed by atoms with Crippen molar-refractivity contribution in [2.24, 2.45) is 0 Å². The van der Waals surface area contributed by atoms with Crippen LogP contribution in [0.1, 0.15) is 21.6 Å². The largest absolute Gasteiger partial charge is 0.416 e. The fourth-order valence-corrected chi connectivity index (χ4v) is 4.36. The van der Waals surface area contributed by atoms with Crippen LogP contribution in [0, 0.1) is 0 Å². The summed E-state index contributed by atoms with van der Waals surface area (Å²) in [5.74, 6) is 0.0925. The van der Waals surface area contributed by atoms with Gasteiger partial charge in [-0.3, -0.25) is 9.59 Å². The molecule has 0 saturated carbocycles. The molecule has 162 valence electrons. The number of nitrogens with zero attached hydrogens (tertiary/aromatic N) is 2. The fraction of sp³-hybridized carbons (Fsp3) is 0.353.